The van der Waals surface area contributed by atoms with Crippen molar-refractivity contribution in [3.05, 3.63) is 58.6 Å². The van der Waals surface area contributed by atoms with Crippen molar-refractivity contribution in [1.29, 1.82) is 0 Å². The number of H-pyrrole nitrogens is 1. The summed E-state index contributed by atoms with van der Waals surface area (Å²) in [5.41, 5.74) is 2.25. The predicted octanol–water partition coefficient (Wildman–Crippen LogP) is 4.10. The van der Waals surface area contributed by atoms with Crippen LogP contribution in [0.25, 0.3) is 22.4 Å². The van der Waals surface area contributed by atoms with Gasteiger partial charge < -0.3 is 10.1 Å². The zero-order valence-electron chi connectivity index (χ0n) is 9.96. The van der Waals surface area contributed by atoms with Gasteiger partial charge in [-0.15, -0.1) is 11.3 Å². The number of hydrogen-bond acceptors (Lipinski definition) is 2. The predicted molar refractivity (Wildman–Crippen MR) is 78.5 cm³/mol. The van der Waals surface area contributed by atoms with E-state index in [-0.39, 0.29) is 5.69 Å². The van der Waals surface area contributed by atoms with Crippen molar-refractivity contribution in [1.82, 2.24) is 4.98 Å². The van der Waals surface area contributed by atoms with E-state index in [1.807, 2.05) is 48.6 Å². The summed E-state index contributed by atoms with van der Waals surface area (Å²) >= 11 is 1.57. The van der Waals surface area contributed by atoms with Crippen molar-refractivity contribution in [2.75, 3.05) is 0 Å². The van der Waals surface area contributed by atoms with Gasteiger partial charge in [-0.3, -0.25) is 0 Å². The quantitative estimate of drug-likeness (QED) is 0.752. The molecule has 4 heteroatoms. The van der Waals surface area contributed by atoms with Crippen LogP contribution in [0.2, 0.25) is 0 Å². The van der Waals surface area contributed by atoms with Crippen LogP contribution in [0.3, 0.4) is 0 Å². The number of hydrogen-bond donors (Lipinski definition) is 2. The molecule has 0 saturated heterocycles. The number of thiophene rings is 1. The Bertz CT molecular complexity index is 721. The Balaban J connectivity index is 1.88. The highest BCUT2D eigenvalue weighted by Crippen LogP contribution is 2.27. The fourth-order valence-corrected chi connectivity index (χ4v) is 2.85. The van der Waals surface area contributed by atoms with E-state index in [1.165, 1.54) is 0 Å². The summed E-state index contributed by atoms with van der Waals surface area (Å²) in [5, 5.41) is 8.88. The minimum atomic E-state index is -0.926. The smallest absolute Gasteiger partial charge is 0.352 e. The van der Waals surface area contributed by atoms with Crippen molar-refractivity contribution in [2.45, 2.75) is 0 Å². The Kier molecular flexibility index (Phi) is 2.93. The molecule has 0 atom stereocenters. The van der Waals surface area contributed by atoms with Crippen LogP contribution in [-0.4, -0.2) is 16.1 Å². The molecule has 0 amide bonds. The molecule has 0 radical (unpaired) electrons. The molecule has 0 bridgehead atoms. The van der Waals surface area contributed by atoms with Crippen molar-refractivity contribution in [2.24, 2.45) is 0 Å². The van der Waals surface area contributed by atoms with Crippen LogP contribution in [0.1, 0.15) is 20.9 Å². The molecule has 3 rings (SSSR count). The van der Waals surface area contributed by atoms with Crippen LogP contribution < -0.4 is 0 Å². The van der Waals surface area contributed by atoms with Crippen LogP contribution in [0, 0.1) is 0 Å². The Morgan fingerprint density at radius 2 is 1.95 bits per heavy atom. The molecule has 0 aliphatic carbocycles. The zero-order chi connectivity index (χ0) is 13.2. The molecule has 0 saturated carbocycles. The third kappa shape index (κ3) is 2.44. The number of fused-ring (bicyclic) bond motifs is 1. The molecule has 0 aliphatic rings. The molecule has 0 spiro atoms. The molecule has 2 N–H and O–H groups in total. The Hall–Kier alpha value is -2.33. The number of carboxylic acids is 1. The van der Waals surface area contributed by atoms with Crippen LogP contribution in [0.5, 0.6) is 0 Å². The van der Waals surface area contributed by atoms with Gasteiger partial charge in [0.15, 0.2) is 0 Å². The maximum absolute atomic E-state index is 10.8. The largest absolute Gasteiger partial charge is 0.477 e. The summed E-state index contributed by atoms with van der Waals surface area (Å²) in [6.07, 6.45) is 4.08. The first kappa shape index (κ1) is 11.7. The molecule has 0 unspecified atom stereocenters. The van der Waals surface area contributed by atoms with Crippen LogP contribution >= 0.6 is 11.3 Å². The molecule has 0 fully saturated rings. The van der Waals surface area contributed by atoms with Gasteiger partial charge in [-0.25, -0.2) is 4.79 Å². The van der Waals surface area contributed by atoms with Gasteiger partial charge in [0.05, 0.1) is 10.2 Å². The average Bonchev–Trinajstić information content (AvgIpc) is 2.95. The summed E-state index contributed by atoms with van der Waals surface area (Å²) in [7, 11) is 0. The normalized spacial score (nSPS) is 11.4. The van der Waals surface area contributed by atoms with Gasteiger partial charge in [-0.05, 0) is 23.8 Å². The van der Waals surface area contributed by atoms with Gasteiger partial charge in [0.1, 0.15) is 5.69 Å². The Morgan fingerprint density at radius 3 is 2.63 bits per heavy atom. The van der Waals surface area contributed by atoms with Gasteiger partial charge in [0, 0.05) is 4.88 Å². The van der Waals surface area contributed by atoms with E-state index in [9.17, 15) is 4.79 Å². The fourth-order valence-electron chi connectivity index (χ4n) is 1.88. The van der Waals surface area contributed by atoms with Crippen molar-refractivity contribution >= 4 is 39.7 Å². The lowest BCUT2D eigenvalue weighted by atomic mass is 10.2. The number of aromatic nitrogens is 1. The molecule has 94 valence electrons. The summed E-state index contributed by atoms with van der Waals surface area (Å²) in [5.74, 6) is -0.926. The standard InChI is InChI=1S/C15H11NO2S/c17-15(18)13-9-14-12(16-13)8-11(19-14)7-6-10-4-2-1-3-5-10/h1-9,16H,(H,17,18). The number of carbonyl (C=O) groups is 1. The highest BCUT2D eigenvalue weighted by molar-refractivity contribution is 7.19. The maximum atomic E-state index is 10.8. The molecule has 1 aromatic carbocycles. The lowest BCUT2D eigenvalue weighted by Gasteiger charge is -1.90. The highest BCUT2D eigenvalue weighted by Gasteiger charge is 2.09. The van der Waals surface area contributed by atoms with Crippen molar-refractivity contribution in [3.8, 4) is 0 Å². The molecule has 2 aromatic heterocycles. The highest BCUT2D eigenvalue weighted by atomic mass is 32.1. The van der Waals surface area contributed by atoms with E-state index >= 15 is 0 Å². The topological polar surface area (TPSA) is 53.1 Å². The Morgan fingerprint density at radius 1 is 1.16 bits per heavy atom. The lowest BCUT2D eigenvalue weighted by Crippen LogP contribution is -1.94. The zero-order valence-corrected chi connectivity index (χ0v) is 10.8. The van der Waals surface area contributed by atoms with E-state index in [2.05, 4.69) is 4.98 Å². The summed E-state index contributed by atoms with van der Waals surface area (Å²) in [6, 6.07) is 13.7. The molecule has 0 aliphatic heterocycles. The lowest BCUT2D eigenvalue weighted by molar-refractivity contribution is 0.0691. The van der Waals surface area contributed by atoms with E-state index in [0.717, 1.165) is 20.7 Å². The first-order valence-corrected chi connectivity index (χ1v) is 6.63. The van der Waals surface area contributed by atoms with Gasteiger partial charge >= 0.3 is 5.97 Å². The Labute approximate surface area is 113 Å². The molecular weight excluding hydrogens is 258 g/mol. The summed E-state index contributed by atoms with van der Waals surface area (Å²) in [4.78, 5) is 14.8. The van der Waals surface area contributed by atoms with Crippen molar-refractivity contribution in [3.63, 3.8) is 0 Å². The number of benzene rings is 1. The second-order valence-electron chi connectivity index (χ2n) is 4.16. The minimum absolute atomic E-state index is 0.236. The van der Waals surface area contributed by atoms with Gasteiger partial charge in [0.25, 0.3) is 0 Å². The number of aromatic carboxylic acids is 1. The summed E-state index contributed by atoms with van der Waals surface area (Å²) < 4.78 is 0.963. The van der Waals surface area contributed by atoms with Crippen LogP contribution in [0.15, 0.2) is 42.5 Å². The number of carboxylic acid groups (broad SMARTS) is 1. The summed E-state index contributed by atoms with van der Waals surface area (Å²) in [6.45, 7) is 0. The fraction of sp³-hybridized carbons (Fsp3) is 0. The maximum Gasteiger partial charge on any atom is 0.352 e. The third-order valence-corrected chi connectivity index (χ3v) is 3.84. The van der Waals surface area contributed by atoms with Crippen LogP contribution in [0.4, 0.5) is 0 Å². The van der Waals surface area contributed by atoms with Crippen LogP contribution in [-0.2, 0) is 0 Å². The molecule has 2 heterocycles. The van der Waals surface area contributed by atoms with E-state index in [0.29, 0.717) is 0 Å². The number of aromatic amines is 1. The first-order valence-electron chi connectivity index (χ1n) is 5.81. The molecule has 3 nitrogen and oxygen atoms in total. The van der Waals surface area contributed by atoms with E-state index in [1.54, 1.807) is 17.4 Å². The van der Waals surface area contributed by atoms with Crippen molar-refractivity contribution < 1.29 is 9.90 Å². The second kappa shape index (κ2) is 4.74. The SMILES string of the molecule is O=C(O)c1cc2sc(C=Cc3ccccc3)cc2[nH]1. The monoisotopic (exact) mass is 269 g/mol. The van der Waals surface area contributed by atoms with Gasteiger partial charge in [0.2, 0.25) is 0 Å². The van der Waals surface area contributed by atoms with E-state index in [4.69, 9.17) is 5.11 Å². The van der Waals surface area contributed by atoms with Gasteiger partial charge in [-0.1, -0.05) is 36.4 Å². The average molecular weight is 269 g/mol. The second-order valence-corrected chi connectivity index (χ2v) is 5.27. The third-order valence-electron chi connectivity index (χ3n) is 2.79. The molecule has 3 aromatic rings. The number of nitrogens with one attached hydrogen (secondary N) is 1. The molecule has 19 heavy (non-hydrogen) atoms. The minimum Gasteiger partial charge on any atom is -0.477 e. The first-order chi connectivity index (χ1) is 9.22. The van der Waals surface area contributed by atoms with E-state index < -0.39 is 5.97 Å². The van der Waals surface area contributed by atoms with Gasteiger partial charge in [-0.2, -0.15) is 0 Å². The molecular formula is C15H11NO2S. The number of rotatable bonds is 3.